The summed E-state index contributed by atoms with van der Waals surface area (Å²) in [4.78, 5) is 4.49. The van der Waals surface area contributed by atoms with E-state index in [1.807, 2.05) is 6.20 Å². The van der Waals surface area contributed by atoms with E-state index in [1.54, 1.807) is 0 Å². The Hall–Kier alpha value is -0.830. The molecule has 1 aromatic rings. The SMILES string of the molecule is CCn1ccnc1C1CCCCC(N)C1. The highest BCUT2D eigenvalue weighted by molar-refractivity contribution is 5.02. The smallest absolute Gasteiger partial charge is 0.111 e. The second-order valence-electron chi connectivity index (χ2n) is 4.55. The van der Waals surface area contributed by atoms with E-state index in [2.05, 4.69) is 22.7 Å². The number of rotatable bonds is 2. The van der Waals surface area contributed by atoms with Crippen molar-refractivity contribution in [1.29, 1.82) is 0 Å². The fourth-order valence-electron chi connectivity index (χ4n) is 2.58. The monoisotopic (exact) mass is 207 g/mol. The zero-order chi connectivity index (χ0) is 10.7. The molecule has 1 heterocycles. The molecule has 0 saturated heterocycles. The fraction of sp³-hybridized carbons (Fsp3) is 0.750. The Bertz CT molecular complexity index is 306. The minimum absolute atomic E-state index is 0.375. The average molecular weight is 207 g/mol. The Kier molecular flexibility index (Phi) is 3.41. The number of aryl methyl sites for hydroxylation is 1. The van der Waals surface area contributed by atoms with E-state index in [-0.39, 0.29) is 0 Å². The minimum atomic E-state index is 0.375. The maximum atomic E-state index is 6.09. The van der Waals surface area contributed by atoms with Crippen LogP contribution in [0.3, 0.4) is 0 Å². The summed E-state index contributed by atoms with van der Waals surface area (Å²) >= 11 is 0. The predicted octanol–water partition coefficient (Wildman–Crippen LogP) is 2.28. The van der Waals surface area contributed by atoms with Crippen molar-refractivity contribution in [3.63, 3.8) is 0 Å². The Labute approximate surface area is 91.7 Å². The number of nitrogens with two attached hydrogens (primary N) is 1. The first-order valence-corrected chi connectivity index (χ1v) is 6.08. The molecule has 3 nitrogen and oxygen atoms in total. The summed E-state index contributed by atoms with van der Waals surface area (Å²) < 4.78 is 2.25. The zero-order valence-electron chi connectivity index (χ0n) is 9.52. The summed E-state index contributed by atoms with van der Waals surface area (Å²) in [6, 6.07) is 0.375. The van der Waals surface area contributed by atoms with Gasteiger partial charge in [0.25, 0.3) is 0 Å². The Balaban J connectivity index is 2.14. The highest BCUT2D eigenvalue weighted by Gasteiger charge is 2.22. The van der Waals surface area contributed by atoms with Crippen LogP contribution >= 0.6 is 0 Å². The quantitative estimate of drug-likeness (QED) is 0.756. The summed E-state index contributed by atoms with van der Waals surface area (Å²) in [7, 11) is 0. The van der Waals surface area contributed by atoms with Crippen LogP contribution in [0.15, 0.2) is 12.4 Å². The molecule has 0 aliphatic heterocycles. The van der Waals surface area contributed by atoms with Crippen molar-refractivity contribution in [2.75, 3.05) is 0 Å². The Morgan fingerprint density at radius 2 is 2.27 bits per heavy atom. The van der Waals surface area contributed by atoms with Crippen LogP contribution in [0.1, 0.15) is 50.8 Å². The lowest BCUT2D eigenvalue weighted by Crippen LogP contribution is -2.22. The van der Waals surface area contributed by atoms with E-state index in [0.29, 0.717) is 12.0 Å². The number of nitrogens with zero attached hydrogens (tertiary/aromatic N) is 2. The summed E-state index contributed by atoms with van der Waals surface area (Å²) in [5, 5.41) is 0. The summed E-state index contributed by atoms with van der Waals surface area (Å²) in [6.45, 7) is 3.18. The van der Waals surface area contributed by atoms with E-state index in [0.717, 1.165) is 13.0 Å². The molecule has 2 N–H and O–H groups in total. The molecule has 2 unspecified atom stereocenters. The highest BCUT2D eigenvalue weighted by atomic mass is 15.1. The Morgan fingerprint density at radius 1 is 1.47 bits per heavy atom. The minimum Gasteiger partial charge on any atom is -0.335 e. The van der Waals surface area contributed by atoms with E-state index in [1.165, 1.54) is 31.5 Å². The lowest BCUT2D eigenvalue weighted by Gasteiger charge is -2.17. The van der Waals surface area contributed by atoms with Gasteiger partial charge in [-0.05, 0) is 26.2 Å². The average Bonchev–Trinajstić information content (AvgIpc) is 2.61. The van der Waals surface area contributed by atoms with Gasteiger partial charge in [0.05, 0.1) is 0 Å². The number of hydrogen-bond acceptors (Lipinski definition) is 2. The first-order valence-electron chi connectivity index (χ1n) is 6.08. The third kappa shape index (κ3) is 2.40. The van der Waals surface area contributed by atoms with Crippen molar-refractivity contribution in [3.8, 4) is 0 Å². The van der Waals surface area contributed by atoms with Crippen LogP contribution in [0.4, 0.5) is 0 Å². The van der Waals surface area contributed by atoms with E-state index in [4.69, 9.17) is 5.73 Å². The molecule has 0 aromatic carbocycles. The molecule has 1 aliphatic carbocycles. The molecule has 1 aliphatic rings. The second kappa shape index (κ2) is 4.79. The zero-order valence-corrected chi connectivity index (χ0v) is 9.52. The van der Waals surface area contributed by atoms with Crippen LogP contribution in [-0.4, -0.2) is 15.6 Å². The molecule has 1 aromatic heterocycles. The molecule has 0 spiro atoms. The maximum absolute atomic E-state index is 6.09. The highest BCUT2D eigenvalue weighted by Crippen LogP contribution is 2.30. The maximum Gasteiger partial charge on any atom is 0.111 e. The van der Waals surface area contributed by atoms with E-state index < -0.39 is 0 Å². The van der Waals surface area contributed by atoms with E-state index >= 15 is 0 Å². The van der Waals surface area contributed by atoms with Gasteiger partial charge in [0.15, 0.2) is 0 Å². The van der Waals surface area contributed by atoms with Gasteiger partial charge in [0, 0.05) is 30.9 Å². The molecule has 1 saturated carbocycles. The molecule has 15 heavy (non-hydrogen) atoms. The number of imidazole rings is 1. The second-order valence-corrected chi connectivity index (χ2v) is 4.55. The first-order chi connectivity index (χ1) is 7.31. The summed E-state index contributed by atoms with van der Waals surface area (Å²) in [5.41, 5.74) is 6.09. The van der Waals surface area contributed by atoms with Gasteiger partial charge in [-0.15, -0.1) is 0 Å². The lowest BCUT2D eigenvalue weighted by atomic mass is 9.97. The molecule has 1 fully saturated rings. The molecular weight excluding hydrogens is 186 g/mol. The van der Waals surface area contributed by atoms with Crippen molar-refractivity contribution >= 4 is 0 Å². The van der Waals surface area contributed by atoms with Gasteiger partial charge < -0.3 is 10.3 Å². The van der Waals surface area contributed by atoms with Crippen molar-refractivity contribution in [3.05, 3.63) is 18.2 Å². The lowest BCUT2D eigenvalue weighted by molar-refractivity contribution is 0.495. The molecule has 2 rings (SSSR count). The van der Waals surface area contributed by atoms with Crippen LogP contribution < -0.4 is 5.73 Å². The third-order valence-corrected chi connectivity index (χ3v) is 3.42. The third-order valence-electron chi connectivity index (χ3n) is 3.42. The number of aromatic nitrogens is 2. The number of hydrogen-bond donors (Lipinski definition) is 1. The predicted molar refractivity (Wildman–Crippen MR) is 61.7 cm³/mol. The van der Waals surface area contributed by atoms with Gasteiger partial charge in [-0.3, -0.25) is 0 Å². The summed E-state index contributed by atoms with van der Waals surface area (Å²) in [5.74, 6) is 1.83. The first kappa shape index (κ1) is 10.7. The van der Waals surface area contributed by atoms with Gasteiger partial charge >= 0.3 is 0 Å². The molecular formula is C12H21N3. The van der Waals surface area contributed by atoms with Crippen LogP contribution in [0.5, 0.6) is 0 Å². The largest absolute Gasteiger partial charge is 0.335 e. The van der Waals surface area contributed by atoms with Gasteiger partial charge in [-0.2, -0.15) is 0 Å². The Morgan fingerprint density at radius 3 is 3.07 bits per heavy atom. The molecule has 84 valence electrons. The van der Waals surface area contributed by atoms with Crippen LogP contribution in [-0.2, 0) is 6.54 Å². The topological polar surface area (TPSA) is 43.8 Å². The summed E-state index contributed by atoms with van der Waals surface area (Å²) in [6.07, 6.45) is 10.1. The van der Waals surface area contributed by atoms with Crippen LogP contribution in [0.2, 0.25) is 0 Å². The molecule has 3 heteroatoms. The molecule has 0 radical (unpaired) electrons. The van der Waals surface area contributed by atoms with E-state index in [9.17, 15) is 0 Å². The van der Waals surface area contributed by atoms with Crippen LogP contribution in [0, 0.1) is 0 Å². The van der Waals surface area contributed by atoms with Crippen molar-refractivity contribution in [2.24, 2.45) is 5.73 Å². The standard InChI is InChI=1S/C12H21N3/c1-2-15-8-7-14-12(15)10-5-3-4-6-11(13)9-10/h7-8,10-11H,2-6,9,13H2,1H3. The fourth-order valence-corrected chi connectivity index (χ4v) is 2.58. The van der Waals surface area contributed by atoms with Crippen molar-refractivity contribution in [2.45, 2.75) is 57.5 Å². The van der Waals surface area contributed by atoms with Crippen molar-refractivity contribution in [1.82, 2.24) is 9.55 Å². The van der Waals surface area contributed by atoms with Crippen LogP contribution in [0.25, 0.3) is 0 Å². The van der Waals surface area contributed by atoms with Gasteiger partial charge in [-0.25, -0.2) is 4.98 Å². The van der Waals surface area contributed by atoms with Gasteiger partial charge in [-0.1, -0.05) is 12.8 Å². The molecule has 2 atom stereocenters. The normalized spacial score (nSPS) is 27.6. The van der Waals surface area contributed by atoms with Crippen molar-refractivity contribution < 1.29 is 0 Å². The van der Waals surface area contributed by atoms with Gasteiger partial charge in [0.2, 0.25) is 0 Å². The molecule has 0 amide bonds. The molecule has 0 bridgehead atoms. The van der Waals surface area contributed by atoms with Gasteiger partial charge in [0.1, 0.15) is 5.82 Å².